The number of benzene rings is 7. The van der Waals surface area contributed by atoms with E-state index in [-0.39, 0.29) is 0 Å². The number of hydrogen-bond donors (Lipinski definition) is 0. The van der Waals surface area contributed by atoms with E-state index in [9.17, 15) is 0 Å². The normalized spacial score (nSPS) is 11.6. The zero-order valence-corrected chi connectivity index (χ0v) is 28.4. The molecular formula is C45H27N3S2. The molecule has 3 nitrogen and oxygen atoms in total. The van der Waals surface area contributed by atoms with Gasteiger partial charge in [0.05, 0.1) is 0 Å². The largest absolute Gasteiger partial charge is 0.208 e. The van der Waals surface area contributed by atoms with Gasteiger partial charge in [-0.05, 0) is 57.1 Å². The van der Waals surface area contributed by atoms with Gasteiger partial charge in [-0.15, -0.1) is 22.7 Å². The molecule has 234 valence electrons. The molecule has 0 aliphatic rings. The van der Waals surface area contributed by atoms with Crippen LogP contribution in [0, 0.1) is 0 Å². The molecule has 10 aromatic rings. The van der Waals surface area contributed by atoms with Crippen molar-refractivity contribution in [1.82, 2.24) is 15.0 Å². The summed E-state index contributed by atoms with van der Waals surface area (Å²) in [5.41, 5.74) is 6.47. The molecule has 0 saturated heterocycles. The third-order valence-corrected chi connectivity index (χ3v) is 11.8. The predicted octanol–water partition coefficient (Wildman–Crippen LogP) is 12.9. The molecule has 0 bridgehead atoms. The van der Waals surface area contributed by atoms with Crippen molar-refractivity contribution < 1.29 is 0 Å². The molecule has 0 N–H and O–H groups in total. The van der Waals surface area contributed by atoms with Gasteiger partial charge in [0.1, 0.15) is 0 Å². The van der Waals surface area contributed by atoms with Gasteiger partial charge in [0.15, 0.2) is 17.5 Å². The first-order chi connectivity index (χ1) is 24.7. The number of rotatable bonds is 5. The van der Waals surface area contributed by atoms with E-state index in [1.165, 1.54) is 57.0 Å². The van der Waals surface area contributed by atoms with Gasteiger partial charge in [-0.1, -0.05) is 140 Å². The van der Waals surface area contributed by atoms with Crippen LogP contribution in [-0.4, -0.2) is 15.0 Å². The minimum absolute atomic E-state index is 0.654. The first-order valence-corrected chi connectivity index (χ1v) is 18.2. The first kappa shape index (κ1) is 29.0. The fourth-order valence-corrected chi connectivity index (χ4v) is 9.14. The van der Waals surface area contributed by atoms with Gasteiger partial charge in [0.2, 0.25) is 0 Å². The van der Waals surface area contributed by atoms with E-state index in [0.29, 0.717) is 17.5 Å². The van der Waals surface area contributed by atoms with Crippen molar-refractivity contribution in [3.63, 3.8) is 0 Å². The Morgan fingerprint density at radius 3 is 1.64 bits per heavy atom. The quantitative estimate of drug-likeness (QED) is 0.182. The second-order valence-corrected chi connectivity index (χ2v) is 14.6. The molecule has 0 radical (unpaired) electrons. The summed E-state index contributed by atoms with van der Waals surface area (Å²) in [6.45, 7) is 0. The van der Waals surface area contributed by atoms with E-state index in [1.807, 2.05) is 11.3 Å². The average Bonchev–Trinajstić information content (AvgIpc) is 3.80. The molecule has 0 amide bonds. The molecule has 0 unspecified atom stereocenters. The van der Waals surface area contributed by atoms with Crippen molar-refractivity contribution in [3.8, 4) is 55.7 Å². The maximum atomic E-state index is 5.15. The molecule has 0 aliphatic heterocycles. The minimum atomic E-state index is 0.654. The van der Waals surface area contributed by atoms with Crippen LogP contribution >= 0.6 is 22.7 Å². The highest BCUT2D eigenvalue weighted by atomic mass is 32.1. The van der Waals surface area contributed by atoms with E-state index in [4.69, 9.17) is 15.0 Å². The van der Waals surface area contributed by atoms with Crippen LogP contribution in [0.25, 0.3) is 96.8 Å². The van der Waals surface area contributed by atoms with Crippen LogP contribution in [0.3, 0.4) is 0 Å². The molecule has 3 aromatic heterocycles. The zero-order chi connectivity index (χ0) is 33.0. The number of hydrogen-bond acceptors (Lipinski definition) is 5. The third kappa shape index (κ3) is 4.98. The Balaban J connectivity index is 1.10. The Morgan fingerprint density at radius 2 is 0.880 bits per heavy atom. The van der Waals surface area contributed by atoms with Crippen LogP contribution in [0.5, 0.6) is 0 Å². The van der Waals surface area contributed by atoms with Gasteiger partial charge in [-0.2, -0.15) is 0 Å². The Hall–Kier alpha value is -6.01. The maximum Gasteiger partial charge on any atom is 0.165 e. The lowest BCUT2D eigenvalue weighted by Gasteiger charge is -2.11. The summed E-state index contributed by atoms with van der Waals surface area (Å²) in [5, 5.41) is 6.21. The molecule has 3 heterocycles. The van der Waals surface area contributed by atoms with Crippen molar-refractivity contribution in [2.24, 2.45) is 0 Å². The van der Waals surface area contributed by atoms with Crippen LogP contribution in [-0.2, 0) is 0 Å². The summed E-state index contributed by atoms with van der Waals surface area (Å²) in [6, 6.07) is 58.0. The molecule has 7 aromatic carbocycles. The molecule has 0 aliphatic carbocycles. The zero-order valence-electron chi connectivity index (χ0n) is 26.7. The van der Waals surface area contributed by atoms with E-state index in [1.54, 1.807) is 11.3 Å². The monoisotopic (exact) mass is 673 g/mol. The van der Waals surface area contributed by atoms with Gasteiger partial charge < -0.3 is 0 Å². The molecular weight excluding hydrogens is 647 g/mol. The molecule has 5 heteroatoms. The fraction of sp³-hybridized carbons (Fsp3) is 0. The Bertz CT molecular complexity index is 2830. The summed E-state index contributed by atoms with van der Waals surface area (Å²) in [6.07, 6.45) is 0. The maximum absolute atomic E-state index is 5.15. The van der Waals surface area contributed by atoms with E-state index >= 15 is 0 Å². The van der Waals surface area contributed by atoms with Crippen molar-refractivity contribution in [2.75, 3.05) is 0 Å². The highest BCUT2D eigenvalue weighted by Gasteiger charge is 2.17. The summed E-state index contributed by atoms with van der Waals surface area (Å²) >= 11 is 3.60. The first-order valence-electron chi connectivity index (χ1n) is 16.6. The second kappa shape index (κ2) is 11.8. The lowest BCUT2D eigenvalue weighted by Crippen LogP contribution is -2.00. The lowest BCUT2D eigenvalue weighted by molar-refractivity contribution is 1.08. The molecule has 0 fully saturated rings. The molecule has 0 saturated carbocycles. The van der Waals surface area contributed by atoms with Crippen molar-refractivity contribution >= 4 is 63.7 Å². The van der Waals surface area contributed by atoms with Crippen molar-refractivity contribution in [1.29, 1.82) is 0 Å². The van der Waals surface area contributed by atoms with Crippen LogP contribution in [0.15, 0.2) is 164 Å². The SMILES string of the molecule is c1ccc2sc(-c3ccc(-c4nc(-c5ccc(-c6cccc7ccccc67)cc5)nc(-c5cccc6c5sc5ccccc56)n4)cc3)cc2c1. The van der Waals surface area contributed by atoms with Crippen molar-refractivity contribution in [2.45, 2.75) is 0 Å². The fourth-order valence-electron chi connectivity index (χ4n) is 6.86. The lowest BCUT2D eigenvalue weighted by atomic mass is 9.97. The van der Waals surface area contributed by atoms with Gasteiger partial charge in [-0.3, -0.25) is 0 Å². The number of fused-ring (bicyclic) bond motifs is 5. The average molecular weight is 674 g/mol. The Morgan fingerprint density at radius 1 is 0.340 bits per heavy atom. The van der Waals surface area contributed by atoms with Gasteiger partial charge in [-0.25, -0.2) is 15.0 Å². The summed E-state index contributed by atoms with van der Waals surface area (Å²) in [5.74, 6) is 1.99. The van der Waals surface area contributed by atoms with Crippen LogP contribution in [0.1, 0.15) is 0 Å². The van der Waals surface area contributed by atoms with E-state index in [2.05, 4.69) is 164 Å². The number of aromatic nitrogens is 3. The van der Waals surface area contributed by atoms with E-state index < -0.39 is 0 Å². The van der Waals surface area contributed by atoms with Crippen LogP contribution in [0.4, 0.5) is 0 Å². The summed E-state index contributed by atoms with van der Waals surface area (Å²) in [4.78, 5) is 16.6. The molecule has 50 heavy (non-hydrogen) atoms. The summed E-state index contributed by atoms with van der Waals surface area (Å²) < 4.78 is 3.73. The van der Waals surface area contributed by atoms with Crippen LogP contribution in [0.2, 0.25) is 0 Å². The van der Waals surface area contributed by atoms with Crippen LogP contribution < -0.4 is 0 Å². The topological polar surface area (TPSA) is 38.7 Å². The number of nitrogens with zero attached hydrogens (tertiary/aromatic N) is 3. The Kier molecular flexibility index (Phi) is 6.86. The number of thiophene rings is 2. The van der Waals surface area contributed by atoms with Crippen molar-refractivity contribution in [3.05, 3.63) is 164 Å². The molecule has 10 rings (SSSR count). The van der Waals surface area contributed by atoms with Gasteiger partial charge in [0.25, 0.3) is 0 Å². The highest BCUT2D eigenvalue weighted by molar-refractivity contribution is 7.26. The van der Waals surface area contributed by atoms with Gasteiger partial charge in [0, 0.05) is 46.4 Å². The minimum Gasteiger partial charge on any atom is -0.208 e. The summed E-state index contributed by atoms with van der Waals surface area (Å²) in [7, 11) is 0. The highest BCUT2D eigenvalue weighted by Crippen LogP contribution is 2.40. The predicted molar refractivity (Wildman–Crippen MR) is 213 cm³/mol. The Labute approximate surface area is 296 Å². The second-order valence-electron chi connectivity index (χ2n) is 12.4. The van der Waals surface area contributed by atoms with Gasteiger partial charge >= 0.3 is 0 Å². The van der Waals surface area contributed by atoms with E-state index in [0.717, 1.165) is 22.3 Å². The smallest absolute Gasteiger partial charge is 0.165 e. The standard InChI is InChI=1S/C45H27N3S2/c1-3-12-34-28(9-1)11-7-14-35(34)29-19-23-31(24-20-29)43-46-44(32-25-21-30(22-26-32)41-27-33-10-2-5-17-39(33)49-41)48-45(47-43)38-16-8-15-37-36-13-4-6-18-40(36)50-42(37)38/h1-27H. The molecule has 0 atom stereocenters. The molecule has 0 spiro atoms. The third-order valence-electron chi connectivity index (χ3n) is 9.38.